The van der Waals surface area contributed by atoms with Gasteiger partial charge in [0.05, 0.1) is 6.04 Å². The summed E-state index contributed by atoms with van der Waals surface area (Å²) in [5.41, 5.74) is 2.47. The molecule has 1 aliphatic rings. The van der Waals surface area contributed by atoms with Crippen LogP contribution in [-0.4, -0.2) is 49.8 Å². The van der Waals surface area contributed by atoms with Crippen molar-refractivity contribution in [2.45, 2.75) is 25.0 Å². The molecule has 1 aliphatic carbocycles. The molecule has 1 saturated carbocycles. The number of rotatable bonds is 11. The highest BCUT2D eigenvalue weighted by atomic mass is 16.3. The van der Waals surface area contributed by atoms with E-state index in [1.165, 1.54) is 0 Å². The summed E-state index contributed by atoms with van der Waals surface area (Å²) in [5, 5.41) is 21.9. The number of ketones is 1. The lowest BCUT2D eigenvalue weighted by Crippen LogP contribution is -2.87. The predicted octanol–water partition coefficient (Wildman–Crippen LogP) is -0.218. The number of hydrogen-bond donors (Lipinski definition) is 4. The summed E-state index contributed by atoms with van der Waals surface area (Å²) in [5.74, 6) is -0.0907. The minimum absolute atomic E-state index is 0.0907. The van der Waals surface area contributed by atoms with Crippen molar-refractivity contribution in [3.05, 3.63) is 60.7 Å². The van der Waals surface area contributed by atoms with Crippen molar-refractivity contribution in [1.29, 1.82) is 0 Å². The summed E-state index contributed by atoms with van der Waals surface area (Å²) in [6, 6.07) is 19.3. The average molecular weight is 380 g/mol. The van der Waals surface area contributed by atoms with Gasteiger partial charge in [-0.15, -0.1) is 0 Å². The van der Waals surface area contributed by atoms with Gasteiger partial charge in [-0.05, 0) is 43.3 Å². The zero-order valence-electron chi connectivity index (χ0n) is 16.0. The van der Waals surface area contributed by atoms with Gasteiger partial charge in [-0.2, -0.15) is 0 Å². The summed E-state index contributed by atoms with van der Waals surface area (Å²) in [4.78, 5) is 15.2. The highest BCUT2D eigenvalue weighted by Crippen LogP contribution is 2.08. The summed E-state index contributed by atoms with van der Waals surface area (Å²) in [7, 11) is 0. The van der Waals surface area contributed by atoms with Gasteiger partial charge in [-0.25, -0.2) is 4.99 Å². The smallest absolute Gasteiger partial charge is 0.236 e. The van der Waals surface area contributed by atoms with Gasteiger partial charge >= 0.3 is 0 Å². The fourth-order valence-corrected chi connectivity index (χ4v) is 3.14. The van der Waals surface area contributed by atoms with Crippen molar-refractivity contribution in [3.63, 3.8) is 0 Å². The zero-order chi connectivity index (χ0) is 19.6. The van der Waals surface area contributed by atoms with Crippen molar-refractivity contribution < 1.29 is 14.9 Å². The Morgan fingerprint density at radius 1 is 0.821 bits per heavy atom. The van der Waals surface area contributed by atoms with E-state index in [1.54, 1.807) is 0 Å². The van der Waals surface area contributed by atoms with Gasteiger partial charge in [-0.1, -0.05) is 36.4 Å². The second kappa shape index (κ2) is 10.6. The minimum Gasteiger partial charge on any atom is -0.843 e. The molecule has 0 heterocycles. The SMILES string of the molecule is O=C1C(=[NH+]CCCNc2ccccc2)C([O-])C1NCCCNc1ccccc1. The van der Waals surface area contributed by atoms with Gasteiger partial charge in [0.1, 0.15) is 6.54 Å². The van der Waals surface area contributed by atoms with E-state index >= 15 is 0 Å². The van der Waals surface area contributed by atoms with E-state index in [4.69, 9.17) is 0 Å². The van der Waals surface area contributed by atoms with E-state index in [9.17, 15) is 9.90 Å². The molecule has 6 heteroatoms. The maximum atomic E-state index is 12.2. The van der Waals surface area contributed by atoms with Crippen LogP contribution in [0, 0.1) is 0 Å². The molecule has 2 aromatic carbocycles. The van der Waals surface area contributed by atoms with Crippen LogP contribution in [-0.2, 0) is 4.79 Å². The predicted molar refractivity (Wildman–Crippen MR) is 111 cm³/mol. The highest BCUT2D eigenvalue weighted by Gasteiger charge is 2.43. The number of para-hydroxylation sites is 2. The summed E-state index contributed by atoms with van der Waals surface area (Å²) in [6.07, 6.45) is 0.692. The Hall–Kier alpha value is -2.70. The normalized spacial score (nSPS) is 20.0. The molecular formula is C22H28N4O2. The second-order valence-corrected chi connectivity index (χ2v) is 6.85. The molecule has 0 spiro atoms. The van der Waals surface area contributed by atoms with Crippen LogP contribution >= 0.6 is 0 Å². The minimum atomic E-state index is -0.989. The number of nitrogens with one attached hydrogen (secondary N) is 4. The molecule has 0 bridgehead atoms. The van der Waals surface area contributed by atoms with E-state index in [2.05, 4.69) is 20.9 Å². The third kappa shape index (κ3) is 5.65. The molecule has 4 N–H and O–H groups in total. The third-order valence-corrected chi connectivity index (χ3v) is 4.73. The molecule has 0 aromatic heterocycles. The standard InChI is InChI=1S/C22H27N4O2/c27-21-19(25-15-7-13-23-17-9-3-1-4-10-17)22(28)20(21)26-16-8-14-24-18-11-5-2-6-12-18/h1-6,9-12,19,21,23-25H,7-8,13-16H2/q-1/p+1. The Morgan fingerprint density at radius 3 is 1.96 bits per heavy atom. The first kappa shape index (κ1) is 20.0. The Morgan fingerprint density at radius 2 is 1.39 bits per heavy atom. The van der Waals surface area contributed by atoms with Crippen molar-refractivity contribution in [2.75, 3.05) is 36.8 Å². The first-order chi connectivity index (χ1) is 13.8. The lowest BCUT2D eigenvalue weighted by molar-refractivity contribution is -0.485. The number of anilines is 2. The number of carbonyl (C=O) groups excluding carboxylic acids is 1. The van der Waals surface area contributed by atoms with E-state index in [0.29, 0.717) is 18.8 Å². The maximum absolute atomic E-state index is 12.2. The molecule has 28 heavy (non-hydrogen) atoms. The molecule has 6 nitrogen and oxygen atoms in total. The fourth-order valence-electron chi connectivity index (χ4n) is 3.14. The van der Waals surface area contributed by atoms with Gasteiger partial charge in [0.25, 0.3) is 0 Å². The van der Waals surface area contributed by atoms with Crippen molar-refractivity contribution >= 4 is 22.9 Å². The lowest BCUT2D eigenvalue weighted by Gasteiger charge is -2.38. The van der Waals surface area contributed by atoms with Crippen LogP contribution in [0.2, 0.25) is 0 Å². The molecular weight excluding hydrogens is 352 g/mol. The van der Waals surface area contributed by atoms with Crippen LogP contribution in [0.3, 0.4) is 0 Å². The molecule has 0 saturated heterocycles. The fraction of sp³-hybridized carbons (Fsp3) is 0.364. The highest BCUT2D eigenvalue weighted by molar-refractivity contribution is 6.48. The second-order valence-electron chi connectivity index (χ2n) is 6.85. The van der Waals surface area contributed by atoms with Crippen LogP contribution in [0.15, 0.2) is 60.7 Å². The first-order valence-electron chi connectivity index (χ1n) is 9.87. The van der Waals surface area contributed by atoms with Crippen LogP contribution in [0.4, 0.5) is 11.4 Å². The number of benzene rings is 2. The average Bonchev–Trinajstić information content (AvgIpc) is 2.74. The summed E-state index contributed by atoms with van der Waals surface area (Å²) < 4.78 is 0. The van der Waals surface area contributed by atoms with Crippen LogP contribution in [0.1, 0.15) is 12.8 Å². The summed E-state index contributed by atoms with van der Waals surface area (Å²) in [6.45, 7) is 2.85. The van der Waals surface area contributed by atoms with Crippen LogP contribution in [0.25, 0.3) is 0 Å². The maximum Gasteiger partial charge on any atom is 0.236 e. The molecule has 2 unspecified atom stereocenters. The van der Waals surface area contributed by atoms with Gasteiger partial charge < -0.3 is 21.1 Å². The molecule has 2 aromatic rings. The Labute approximate surface area is 166 Å². The molecule has 2 atom stereocenters. The molecule has 3 rings (SSSR count). The van der Waals surface area contributed by atoms with Gasteiger partial charge in [0, 0.05) is 30.9 Å². The monoisotopic (exact) mass is 380 g/mol. The van der Waals surface area contributed by atoms with Crippen LogP contribution in [0.5, 0.6) is 0 Å². The van der Waals surface area contributed by atoms with Gasteiger partial charge in [0.15, 0.2) is 0 Å². The van der Waals surface area contributed by atoms with Gasteiger partial charge in [0.2, 0.25) is 11.5 Å². The Balaban J connectivity index is 1.28. The van der Waals surface area contributed by atoms with Crippen molar-refractivity contribution in [2.24, 2.45) is 0 Å². The van der Waals surface area contributed by atoms with E-state index in [0.717, 1.165) is 37.3 Å². The summed E-state index contributed by atoms with van der Waals surface area (Å²) >= 11 is 0. The number of carbonyl (C=O) groups is 1. The van der Waals surface area contributed by atoms with E-state index < -0.39 is 12.1 Å². The quantitative estimate of drug-likeness (QED) is 0.405. The third-order valence-electron chi connectivity index (χ3n) is 4.73. The van der Waals surface area contributed by atoms with E-state index in [1.807, 2.05) is 60.7 Å². The zero-order valence-corrected chi connectivity index (χ0v) is 16.0. The largest absolute Gasteiger partial charge is 0.843 e. The first-order valence-corrected chi connectivity index (χ1v) is 9.87. The van der Waals surface area contributed by atoms with Crippen LogP contribution < -0.4 is 26.0 Å². The number of Topliss-reactive ketones (excluding diaryl/α,β-unsaturated/α-hetero) is 1. The molecule has 0 amide bonds. The Bertz CT molecular complexity index is 765. The molecule has 0 radical (unpaired) electrons. The molecule has 1 fully saturated rings. The van der Waals surface area contributed by atoms with Gasteiger partial charge in [-0.3, -0.25) is 4.79 Å². The molecule has 0 aliphatic heterocycles. The van der Waals surface area contributed by atoms with E-state index in [-0.39, 0.29) is 5.78 Å². The number of hydrogen-bond acceptors (Lipinski definition) is 5. The topological polar surface area (TPSA) is 90.2 Å². The lowest BCUT2D eigenvalue weighted by atomic mass is 9.84. The van der Waals surface area contributed by atoms with Crippen molar-refractivity contribution in [1.82, 2.24) is 5.32 Å². The molecule has 148 valence electrons. The van der Waals surface area contributed by atoms with Crippen molar-refractivity contribution in [3.8, 4) is 0 Å². The Kier molecular flexibility index (Phi) is 7.58.